The molecule has 0 aliphatic rings. The van der Waals surface area contributed by atoms with E-state index >= 15 is 0 Å². The SMILES string of the molecule is O=C(NCc1ccc(-n2ccnc2)nc1)c1cc(-n2cccn2)ccn1. The fourth-order valence-corrected chi connectivity index (χ4v) is 2.45. The first-order valence-corrected chi connectivity index (χ1v) is 7.97. The van der Waals surface area contributed by atoms with E-state index in [9.17, 15) is 4.79 Å². The van der Waals surface area contributed by atoms with Crippen LogP contribution in [0.2, 0.25) is 0 Å². The number of aromatic nitrogens is 6. The smallest absolute Gasteiger partial charge is 0.270 e. The topological polar surface area (TPSA) is 90.5 Å². The van der Waals surface area contributed by atoms with Crippen LogP contribution in [0.1, 0.15) is 16.1 Å². The van der Waals surface area contributed by atoms with Crippen LogP contribution in [0, 0.1) is 0 Å². The molecule has 0 aliphatic carbocycles. The van der Waals surface area contributed by atoms with Crippen molar-refractivity contribution >= 4 is 5.91 Å². The Labute approximate surface area is 149 Å². The summed E-state index contributed by atoms with van der Waals surface area (Å²) < 4.78 is 3.49. The molecule has 4 rings (SSSR count). The van der Waals surface area contributed by atoms with Crippen LogP contribution in [0.5, 0.6) is 0 Å². The maximum atomic E-state index is 12.4. The summed E-state index contributed by atoms with van der Waals surface area (Å²) in [5.41, 5.74) is 2.01. The number of carbonyl (C=O) groups is 1. The monoisotopic (exact) mass is 345 g/mol. The first kappa shape index (κ1) is 15.7. The van der Waals surface area contributed by atoms with Crippen LogP contribution in [-0.2, 0) is 6.54 Å². The highest BCUT2D eigenvalue weighted by atomic mass is 16.1. The van der Waals surface area contributed by atoms with E-state index in [1.54, 1.807) is 47.9 Å². The Morgan fingerprint density at radius 3 is 2.77 bits per heavy atom. The largest absolute Gasteiger partial charge is 0.347 e. The molecule has 0 aromatic carbocycles. The van der Waals surface area contributed by atoms with Gasteiger partial charge in [-0.3, -0.25) is 14.3 Å². The molecule has 0 radical (unpaired) electrons. The number of amides is 1. The molecule has 8 nitrogen and oxygen atoms in total. The molecule has 4 aromatic heterocycles. The van der Waals surface area contributed by atoms with Crippen molar-refractivity contribution < 1.29 is 4.79 Å². The zero-order valence-electron chi connectivity index (χ0n) is 13.7. The predicted molar refractivity (Wildman–Crippen MR) is 93.9 cm³/mol. The van der Waals surface area contributed by atoms with Crippen LogP contribution < -0.4 is 5.32 Å². The Balaban J connectivity index is 1.42. The van der Waals surface area contributed by atoms with E-state index in [0.717, 1.165) is 17.1 Å². The summed E-state index contributed by atoms with van der Waals surface area (Å²) in [4.78, 5) is 24.8. The van der Waals surface area contributed by atoms with E-state index in [4.69, 9.17) is 0 Å². The number of rotatable bonds is 5. The average Bonchev–Trinajstić information content (AvgIpc) is 3.40. The minimum Gasteiger partial charge on any atom is -0.347 e. The van der Waals surface area contributed by atoms with E-state index in [1.165, 1.54) is 0 Å². The third kappa shape index (κ3) is 3.34. The molecule has 0 saturated carbocycles. The van der Waals surface area contributed by atoms with Gasteiger partial charge in [0.1, 0.15) is 17.8 Å². The molecular formula is C18H15N7O. The van der Waals surface area contributed by atoms with Gasteiger partial charge in [-0.05, 0) is 29.8 Å². The van der Waals surface area contributed by atoms with Crippen molar-refractivity contribution in [3.05, 3.63) is 85.1 Å². The van der Waals surface area contributed by atoms with Gasteiger partial charge in [-0.1, -0.05) is 6.07 Å². The van der Waals surface area contributed by atoms with Crippen molar-refractivity contribution in [1.29, 1.82) is 0 Å². The first-order chi connectivity index (χ1) is 12.8. The third-order valence-corrected chi connectivity index (χ3v) is 3.78. The number of nitrogens with one attached hydrogen (secondary N) is 1. The Bertz CT molecular complexity index is 992. The number of carbonyl (C=O) groups excluding carboxylic acids is 1. The van der Waals surface area contributed by atoms with Crippen LogP contribution in [-0.4, -0.2) is 35.2 Å². The van der Waals surface area contributed by atoms with Gasteiger partial charge in [0.05, 0.1) is 5.69 Å². The minimum absolute atomic E-state index is 0.252. The van der Waals surface area contributed by atoms with E-state index in [-0.39, 0.29) is 5.91 Å². The molecule has 128 valence electrons. The van der Waals surface area contributed by atoms with Gasteiger partial charge in [0, 0.05) is 43.7 Å². The van der Waals surface area contributed by atoms with Crippen molar-refractivity contribution in [1.82, 2.24) is 34.6 Å². The van der Waals surface area contributed by atoms with Gasteiger partial charge in [-0.15, -0.1) is 0 Å². The molecular weight excluding hydrogens is 330 g/mol. The summed E-state index contributed by atoms with van der Waals surface area (Å²) in [6.07, 6.45) is 12.0. The zero-order chi connectivity index (χ0) is 17.8. The fraction of sp³-hybridized carbons (Fsp3) is 0.0556. The lowest BCUT2D eigenvalue weighted by Crippen LogP contribution is -2.24. The van der Waals surface area contributed by atoms with E-state index < -0.39 is 0 Å². The summed E-state index contributed by atoms with van der Waals surface area (Å²) in [6, 6.07) is 9.10. The van der Waals surface area contributed by atoms with Crippen molar-refractivity contribution in [2.45, 2.75) is 6.54 Å². The second kappa shape index (κ2) is 6.98. The Hall–Kier alpha value is -3.81. The summed E-state index contributed by atoms with van der Waals surface area (Å²) in [7, 11) is 0. The molecule has 0 aliphatic heterocycles. The Morgan fingerprint density at radius 1 is 1.08 bits per heavy atom. The quantitative estimate of drug-likeness (QED) is 0.595. The molecule has 8 heteroatoms. The number of hydrogen-bond donors (Lipinski definition) is 1. The lowest BCUT2D eigenvalue weighted by atomic mass is 10.2. The molecule has 0 unspecified atom stereocenters. The van der Waals surface area contributed by atoms with Crippen molar-refractivity contribution in [2.75, 3.05) is 0 Å². The van der Waals surface area contributed by atoms with Crippen LogP contribution in [0.15, 0.2) is 73.8 Å². The van der Waals surface area contributed by atoms with Gasteiger partial charge in [0.2, 0.25) is 0 Å². The first-order valence-electron chi connectivity index (χ1n) is 7.97. The zero-order valence-corrected chi connectivity index (χ0v) is 13.7. The van der Waals surface area contributed by atoms with Crippen molar-refractivity contribution in [3.63, 3.8) is 0 Å². The molecule has 4 heterocycles. The van der Waals surface area contributed by atoms with Crippen LogP contribution in [0.3, 0.4) is 0 Å². The van der Waals surface area contributed by atoms with Gasteiger partial charge in [-0.25, -0.2) is 14.6 Å². The summed E-state index contributed by atoms with van der Waals surface area (Å²) in [5.74, 6) is 0.517. The lowest BCUT2D eigenvalue weighted by molar-refractivity contribution is 0.0946. The molecule has 0 fully saturated rings. The van der Waals surface area contributed by atoms with Gasteiger partial charge < -0.3 is 5.32 Å². The van der Waals surface area contributed by atoms with Gasteiger partial charge in [0.15, 0.2) is 0 Å². The number of nitrogens with zero attached hydrogens (tertiary/aromatic N) is 6. The molecule has 4 aromatic rings. The summed E-state index contributed by atoms with van der Waals surface area (Å²) in [5, 5.41) is 7.00. The van der Waals surface area contributed by atoms with Crippen LogP contribution >= 0.6 is 0 Å². The van der Waals surface area contributed by atoms with Gasteiger partial charge in [-0.2, -0.15) is 5.10 Å². The van der Waals surface area contributed by atoms with E-state index in [2.05, 4.69) is 25.4 Å². The third-order valence-electron chi connectivity index (χ3n) is 3.78. The van der Waals surface area contributed by atoms with Gasteiger partial charge in [0.25, 0.3) is 5.91 Å². The Morgan fingerprint density at radius 2 is 2.04 bits per heavy atom. The molecule has 0 saturated heterocycles. The number of pyridine rings is 2. The predicted octanol–water partition coefficient (Wildman–Crippen LogP) is 1.78. The Kier molecular flexibility index (Phi) is 4.21. The second-order valence-electron chi connectivity index (χ2n) is 5.53. The maximum absolute atomic E-state index is 12.4. The molecule has 26 heavy (non-hydrogen) atoms. The normalized spacial score (nSPS) is 10.6. The highest BCUT2D eigenvalue weighted by molar-refractivity contribution is 5.92. The second-order valence-corrected chi connectivity index (χ2v) is 5.53. The highest BCUT2D eigenvalue weighted by Crippen LogP contribution is 2.08. The van der Waals surface area contributed by atoms with Gasteiger partial charge >= 0.3 is 0 Å². The number of imidazole rings is 1. The van der Waals surface area contributed by atoms with Crippen LogP contribution in [0.25, 0.3) is 11.5 Å². The molecule has 0 bridgehead atoms. The lowest BCUT2D eigenvalue weighted by Gasteiger charge is -2.07. The maximum Gasteiger partial charge on any atom is 0.270 e. The average molecular weight is 345 g/mol. The van der Waals surface area contributed by atoms with Crippen molar-refractivity contribution in [3.8, 4) is 11.5 Å². The van der Waals surface area contributed by atoms with E-state index in [0.29, 0.717) is 12.2 Å². The molecule has 1 amide bonds. The summed E-state index contributed by atoms with van der Waals surface area (Å²) >= 11 is 0. The number of hydrogen-bond acceptors (Lipinski definition) is 5. The molecule has 1 N–H and O–H groups in total. The highest BCUT2D eigenvalue weighted by Gasteiger charge is 2.09. The molecule has 0 atom stereocenters. The standard InChI is InChI=1S/C18H15N7O/c26-18(16-10-15(4-6-20-16)25-8-1-5-23-25)22-12-14-2-3-17(21-11-14)24-9-7-19-13-24/h1-11,13H,12H2,(H,22,26). The van der Waals surface area contributed by atoms with Crippen molar-refractivity contribution in [2.24, 2.45) is 0 Å². The summed E-state index contributed by atoms with van der Waals surface area (Å²) in [6.45, 7) is 0.365. The van der Waals surface area contributed by atoms with Crippen LogP contribution in [0.4, 0.5) is 0 Å². The van der Waals surface area contributed by atoms with E-state index in [1.807, 2.05) is 35.2 Å². The fourth-order valence-electron chi connectivity index (χ4n) is 2.45. The molecule has 0 spiro atoms. The minimum atomic E-state index is -0.252.